The summed E-state index contributed by atoms with van der Waals surface area (Å²) in [6.07, 6.45) is 5.38. The zero-order valence-corrected chi connectivity index (χ0v) is 11.6. The summed E-state index contributed by atoms with van der Waals surface area (Å²) >= 11 is 0. The molecule has 1 atom stereocenters. The lowest BCUT2D eigenvalue weighted by atomic mass is 9.96. The van der Waals surface area contributed by atoms with Crippen LogP contribution in [0.4, 0.5) is 0 Å². The van der Waals surface area contributed by atoms with Crippen LogP contribution in [0.5, 0.6) is 0 Å². The molecule has 0 saturated carbocycles. The van der Waals surface area contributed by atoms with Gasteiger partial charge in [-0.05, 0) is 45.0 Å². The molecule has 1 unspecified atom stereocenters. The fourth-order valence-electron chi connectivity index (χ4n) is 1.71. The maximum Gasteiger partial charge on any atom is 0.154 e. The molecule has 0 aliphatic rings. The summed E-state index contributed by atoms with van der Waals surface area (Å²) < 4.78 is 22.8. The minimum absolute atomic E-state index is 0.125. The third-order valence-corrected chi connectivity index (χ3v) is 5.53. The van der Waals surface area contributed by atoms with Crippen molar-refractivity contribution in [3.8, 4) is 0 Å². The molecule has 0 saturated heterocycles. The van der Waals surface area contributed by atoms with Crippen molar-refractivity contribution in [3.05, 3.63) is 30.1 Å². The molecule has 1 aromatic heterocycles. The lowest BCUT2D eigenvalue weighted by Gasteiger charge is -2.32. The number of aromatic nitrogens is 1. The van der Waals surface area contributed by atoms with Gasteiger partial charge in [0.1, 0.15) is 0 Å². The summed E-state index contributed by atoms with van der Waals surface area (Å²) in [7, 11) is -1.32. The van der Waals surface area contributed by atoms with Crippen molar-refractivity contribution in [1.29, 1.82) is 0 Å². The predicted molar refractivity (Wildman–Crippen MR) is 69.7 cm³/mol. The Hall–Kier alpha value is -0.940. The highest BCUT2D eigenvalue weighted by Gasteiger charge is 2.37. The standard InChI is InChI=1S/C12H20N2O2S/c1-12(2,17(4,15)16)11(13-3)9-10-5-7-14-8-6-10/h5-8,11,13H,9H2,1-4H3. The normalized spacial score (nSPS) is 14.6. The number of hydrogen-bond donors (Lipinski definition) is 1. The molecule has 0 aliphatic carbocycles. The van der Waals surface area contributed by atoms with Crippen LogP contribution in [0, 0.1) is 0 Å². The van der Waals surface area contributed by atoms with Crippen LogP contribution >= 0.6 is 0 Å². The van der Waals surface area contributed by atoms with Gasteiger partial charge in [-0.15, -0.1) is 0 Å². The Morgan fingerprint density at radius 2 is 1.88 bits per heavy atom. The van der Waals surface area contributed by atoms with Crippen LogP contribution in [0.2, 0.25) is 0 Å². The van der Waals surface area contributed by atoms with Crippen molar-refractivity contribution in [2.45, 2.75) is 31.1 Å². The number of hydrogen-bond acceptors (Lipinski definition) is 4. The van der Waals surface area contributed by atoms with Gasteiger partial charge in [-0.25, -0.2) is 8.42 Å². The number of rotatable bonds is 5. The molecule has 17 heavy (non-hydrogen) atoms. The Bertz CT molecular complexity index is 455. The van der Waals surface area contributed by atoms with Gasteiger partial charge in [-0.3, -0.25) is 4.98 Å². The molecule has 0 amide bonds. The highest BCUT2D eigenvalue weighted by molar-refractivity contribution is 7.92. The van der Waals surface area contributed by atoms with Gasteiger partial charge in [-0.2, -0.15) is 0 Å². The molecule has 0 radical (unpaired) electrons. The van der Waals surface area contributed by atoms with Crippen LogP contribution in [0.25, 0.3) is 0 Å². The Morgan fingerprint density at radius 1 is 1.35 bits per heavy atom. The third-order valence-electron chi connectivity index (χ3n) is 3.33. The van der Waals surface area contributed by atoms with Crippen molar-refractivity contribution in [3.63, 3.8) is 0 Å². The van der Waals surface area contributed by atoms with Crippen LogP contribution in [0.1, 0.15) is 19.4 Å². The summed E-state index contributed by atoms with van der Waals surface area (Å²) in [6, 6.07) is 3.69. The Balaban J connectivity index is 2.94. The maximum atomic E-state index is 11.8. The second-order valence-corrected chi connectivity index (χ2v) is 7.37. The predicted octanol–water partition coefficient (Wildman–Crippen LogP) is 1.04. The summed E-state index contributed by atoms with van der Waals surface area (Å²) in [6.45, 7) is 3.51. The lowest BCUT2D eigenvalue weighted by molar-refractivity contribution is 0.430. The van der Waals surface area contributed by atoms with Gasteiger partial charge in [0.2, 0.25) is 0 Å². The van der Waals surface area contributed by atoms with Crippen molar-refractivity contribution >= 4 is 9.84 Å². The SMILES string of the molecule is CNC(Cc1ccncc1)C(C)(C)S(C)(=O)=O. The van der Waals surface area contributed by atoms with Gasteiger partial charge in [-0.1, -0.05) is 0 Å². The van der Waals surface area contributed by atoms with Gasteiger partial charge in [0, 0.05) is 24.7 Å². The van der Waals surface area contributed by atoms with E-state index in [1.165, 1.54) is 6.26 Å². The minimum Gasteiger partial charge on any atom is -0.315 e. The van der Waals surface area contributed by atoms with E-state index >= 15 is 0 Å². The molecule has 0 bridgehead atoms. The molecule has 1 heterocycles. The second-order valence-electron chi connectivity index (χ2n) is 4.78. The first kappa shape index (κ1) is 14.1. The van der Waals surface area contributed by atoms with E-state index in [9.17, 15) is 8.42 Å². The molecular weight excluding hydrogens is 236 g/mol. The quantitative estimate of drug-likeness (QED) is 0.855. The molecule has 5 heteroatoms. The molecular formula is C12H20N2O2S. The van der Waals surface area contributed by atoms with Crippen LogP contribution < -0.4 is 5.32 Å². The molecule has 1 N–H and O–H groups in total. The Kier molecular flexibility index (Phi) is 4.27. The van der Waals surface area contributed by atoms with Crippen molar-refractivity contribution < 1.29 is 8.42 Å². The van der Waals surface area contributed by atoms with Crippen LogP contribution in [0.3, 0.4) is 0 Å². The molecule has 96 valence electrons. The average molecular weight is 256 g/mol. The fourth-order valence-corrected chi connectivity index (χ4v) is 2.43. The number of pyridine rings is 1. The highest BCUT2D eigenvalue weighted by Crippen LogP contribution is 2.22. The molecule has 1 aromatic rings. The smallest absolute Gasteiger partial charge is 0.154 e. The average Bonchev–Trinajstić information content (AvgIpc) is 2.25. The first-order chi connectivity index (χ1) is 7.79. The van der Waals surface area contributed by atoms with E-state index < -0.39 is 14.6 Å². The van der Waals surface area contributed by atoms with Gasteiger partial charge >= 0.3 is 0 Å². The fraction of sp³-hybridized carbons (Fsp3) is 0.583. The summed E-state index contributed by atoms with van der Waals surface area (Å²) in [5, 5.41) is 3.10. The van der Waals surface area contributed by atoms with Crippen LogP contribution in [-0.4, -0.2) is 37.5 Å². The molecule has 1 rings (SSSR count). The van der Waals surface area contributed by atoms with Gasteiger partial charge in [0.25, 0.3) is 0 Å². The summed E-state index contributed by atoms with van der Waals surface area (Å²) in [5.74, 6) is 0. The zero-order valence-electron chi connectivity index (χ0n) is 10.8. The van der Waals surface area contributed by atoms with Gasteiger partial charge in [0.15, 0.2) is 9.84 Å². The van der Waals surface area contributed by atoms with E-state index in [0.29, 0.717) is 6.42 Å². The molecule has 0 fully saturated rings. The van der Waals surface area contributed by atoms with Crippen LogP contribution in [-0.2, 0) is 16.3 Å². The molecule has 0 spiro atoms. The number of nitrogens with zero attached hydrogens (tertiary/aromatic N) is 1. The minimum atomic E-state index is -3.11. The third kappa shape index (κ3) is 3.26. The van der Waals surface area contributed by atoms with Gasteiger partial charge in [0.05, 0.1) is 4.75 Å². The largest absolute Gasteiger partial charge is 0.315 e. The van der Waals surface area contributed by atoms with E-state index in [1.54, 1.807) is 33.3 Å². The van der Waals surface area contributed by atoms with E-state index in [4.69, 9.17) is 0 Å². The lowest BCUT2D eigenvalue weighted by Crippen LogP contribution is -2.51. The topological polar surface area (TPSA) is 59.1 Å². The van der Waals surface area contributed by atoms with Gasteiger partial charge < -0.3 is 5.32 Å². The van der Waals surface area contributed by atoms with Crippen molar-refractivity contribution in [2.24, 2.45) is 0 Å². The van der Waals surface area contributed by atoms with Crippen molar-refractivity contribution in [2.75, 3.05) is 13.3 Å². The van der Waals surface area contributed by atoms with E-state index in [2.05, 4.69) is 10.3 Å². The van der Waals surface area contributed by atoms with E-state index in [-0.39, 0.29) is 6.04 Å². The first-order valence-corrected chi connectivity index (χ1v) is 7.44. The van der Waals surface area contributed by atoms with E-state index in [0.717, 1.165) is 5.56 Å². The Labute approximate surface area is 103 Å². The molecule has 0 aliphatic heterocycles. The summed E-state index contributed by atoms with van der Waals surface area (Å²) in [5.41, 5.74) is 1.08. The highest BCUT2D eigenvalue weighted by atomic mass is 32.2. The zero-order chi connectivity index (χ0) is 13.1. The molecule has 4 nitrogen and oxygen atoms in total. The first-order valence-electron chi connectivity index (χ1n) is 5.55. The van der Waals surface area contributed by atoms with Crippen LogP contribution in [0.15, 0.2) is 24.5 Å². The maximum absolute atomic E-state index is 11.8. The summed E-state index contributed by atoms with van der Waals surface area (Å²) in [4.78, 5) is 3.95. The number of sulfone groups is 1. The Morgan fingerprint density at radius 3 is 2.29 bits per heavy atom. The molecule has 0 aromatic carbocycles. The van der Waals surface area contributed by atoms with E-state index in [1.807, 2.05) is 12.1 Å². The second kappa shape index (κ2) is 5.14. The monoisotopic (exact) mass is 256 g/mol. The number of nitrogens with one attached hydrogen (secondary N) is 1. The number of likely N-dealkylation sites (N-methyl/N-ethyl adjacent to an activating group) is 1. The van der Waals surface area contributed by atoms with Crippen molar-refractivity contribution in [1.82, 2.24) is 10.3 Å².